The van der Waals surface area contributed by atoms with Gasteiger partial charge in [-0.15, -0.1) is 0 Å². The van der Waals surface area contributed by atoms with Crippen LogP contribution in [0.1, 0.15) is 52.7 Å². The van der Waals surface area contributed by atoms with Crippen LogP contribution in [-0.4, -0.2) is 53.4 Å². The Hall–Kier alpha value is -5.53. The number of carbonyl (C=O) groups excluding carboxylic acids is 4. The zero-order chi connectivity index (χ0) is 36.2. The molecule has 0 saturated carbocycles. The van der Waals surface area contributed by atoms with Crippen molar-refractivity contribution in [2.24, 2.45) is 4.99 Å². The molecule has 0 aromatic heterocycles. The summed E-state index contributed by atoms with van der Waals surface area (Å²) in [6, 6.07) is 21.7. The van der Waals surface area contributed by atoms with E-state index in [0.717, 1.165) is 0 Å². The first kappa shape index (κ1) is 37.9. The molecule has 12 nitrogen and oxygen atoms in total. The van der Waals surface area contributed by atoms with Crippen LogP contribution in [0, 0.1) is 0 Å². The second-order valence-corrected chi connectivity index (χ2v) is 12.7. The Balaban J connectivity index is 1.85. The Morgan fingerprint density at radius 2 is 1.18 bits per heavy atom. The molecule has 262 valence electrons. The Morgan fingerprint density at radius 3 is 1.65 bits per heavy atom. The first-order chi connectivity index (χ1) is 22.9. The highest BCUT2D eigenvalue weighted by molar-refractivity contribution is 6.02. The van der Waals surface area contributed by atoms with Gasteiger partial charge < -0.3 is 18.9 Å². The minimum atomic E-state index is -3.41. The summed E-state index contributed by atoms with van der Waals surface area (Å²) in [6.07, 6.45) is -7.09. The molecule has 1 unspecified atom stereocenters. The Labute approximate surface area is 283 Å². The van der Waals surface area contributed by atoms with E-state index in [1.54, 1.807) is 90.1 Å². The average Bonchev–Trinajstić information content (AvgIpc) is 2.99. The zero-order valence-corrected chi connectivity index (χ0v) is 28.0. The largest absolute Gasteiger partial charge is 0.445 e. The van der Waals surface area contributed by atoms with Crippen molar-refractivity contribution >= 4 is 35.9 Å². The normalized spacial score (nSPS) is 12.5. The molecule has 3 aromatic carbocycles. The Kier molecular flexibility index (Phi) is 12.8. The molecule has 0 radical (unpaired) electrons. The summed E-state index contributed by atoms with van der Waals surface area (Å²) >= 11 is 0. The van der Waals surface area contributed by atoms with Crippen LogP contribution >= 0.6 is 0 Å². The molecular formula is C35H40F2N4O8. The van der Waals surface area contributed by atoms with Crippen LogP contribution in [0.3, 0.4) is 0 Å². The molecule has 1 atom stereocenters. The van der Waals surface area contributed by atoms with Gasteiger partial charge in [0.2, 0.25) is 11.5 Å². The molecule has 0 fully saturated rings. The van der Waals surface area contributed by atoms with Crippen molar-refractivity contribution < 1.29 is 46.9 Å². The molecule has 14 heteroatoms. The number of hydrogen-bond donors (Lipinski definition) is 3. The van der Waals surface area contributed by atoms with Gasteiger partial charge >= 0.3 is 24.2 Å². The number of esters is 1. The summed E-state index contributed by atoms with van der Waals surface area (Å²) in [5.41, 5.74) is -3.45. The van der Waals surface area contributed by atoms with Gasteiger partial charge in [0, 0.05) is 6.42 Å². The highest BCUT2D eigenvalue weighted by Crippen LogP contribution is 2.27. The lowest BCUT2D eigenvalue weighted by atomic mass is 9.91. The van der Waals surface area contributed by atoms with Gasteiger partial charge in [-0.25, -0.2) is 33.0 Å². The fourth-order valence-electron chi connectivity index (χ4n) is 4.05. The molecule has 3 rings (SSSR count). The van der Waals surface area contributed by atoms with E-state index in [-0.39, 0.29) is 24.0 Å². The third-order valence-electron chi connectivity index (χ3n) is 6.13. The van der Waals surface area contributed by atoms with Crippen LogP contribution in [0.15, 0.2) is 89.9 Å². The van der Waals surface area contributed by atoms with Crippen molar-refractivity contribution in [3.8, 4) is 5.75 Å². The van der Waals surface area contributed by atoms with Crippen LogP contribution in [0.4, 0.5) is 28.9 Å². The molecule has 3 amide bonds. The van der Waals surface area contributed by atoms with Gasteiger partial charge in [0.25, 0.3) is 6.43 Å². The number of benzene rings is 3. The number of nitrogens with zero attached hydrogens (tertiary/aromatic N) is 1. The number of alkyl halides is 2. The van der Waals surface area contributed by atoms with Crippen molar-refractivity contribution in [3.05, 3.63) is 96.1 Å². The van der Waals surface area contributed by atoms with Gasteiger partial charge in [-0.1, -0.05) is 60.7 Å². The SMILES string of the molecule is CC(C)(C)OC(=O)NC(=Nc1ccc(OC(=O)C(Cc2ccccc2)(NC(=O)OCc2ccccc2)C(F)F)cc1)NC(=O)OC(C)(C)C. The molecule has 3 aromatic rings. The van der Waals surface area contributed by atoms with Gasteiger partial charge in [0.1, 0.15) is 23.6 Å². The number of carbonyl (C=O) groups is 4. The number of halogens is 2. The zero-order valence-electron chi connectivity index (χ0n) is 28.0. The summed E-state index contributed by atoms with van der Waals surface area (Å²) in [6.45, 7) is 9.68. The lowest BCUT2D eigenvalue weighted by Crippen LogP contribution is -2.62. The third-order valence-corrected chi connectivity index (χ3v) is 6.13. The van der Waals surface area contributed by atoms with E-state index in [9.17, 15) is 28.0 Å². The van der Waals surface area contributed by atoms with Gasteiger partial charge in [0.15, 0.2) is 0 Å². The number of ether oxygens (including phenoxy) is 4. The quantitative estimate of drug-likeness (QED) is 0.0732. The van der Waals surface area contributed by atoms with Crippen molar-refractivity contribution in [1.29, 1.82) is 0 Å². The van der Waals surface area contributed by atoms with Crippen molar-refractivity contribution in [3.63, 3.8) is 0 Å². The Morgan fingerprint density at radius 1 is 0.694 bits per heavy atom. The fraction of sp³-hybridized carbons (Fsp3) is 0.343. The number of alkyl carbamates (subject to hydrolysis) is 3. The first-order valence-corrected chi connectivity index (χ1v) is 15.2. The lowest BCUT2D eigenvalue weighted by molar-refractivity contribution is -0.149. The van der Waals surface area contributed by atoms with Crippen LogP contribution in [0.25, 0.3) is 0 Å². The molecule has 0 aliphatic rings. The first-order valence-electron chi connectivity index (χ1n) is 15.2. The van der Waals surface area contributed by atoms with E-state index < -0.39 is 53.8 Å². The minimum Gasteiger partial charge on any atom is -0.445 e. The number of amides is 3. The molecule has 49 heavy (non-hydrogen) atoms. The molecule has 3 N–H and O–H groups in total. The highest BCUT2D eigenvalue weighted by atomic mass is 19.3. The number of aliphatic imine (C=N–C) groups is 1. The van der Waals surface area contributed by atoms with Gasteiger partial charge in [-0.3, -0.25) is 16.0 Å². The van der Waals surface area contributed by atoms with Gasteiger partial charge in [-0.2, -0.15) is 0 Å². The molecule has 0 saturated heterocycles. The van der Waals surface area contributed by atoms with Gasteiger partial charge in [0.05, 0.1) is 5.69 Å². The van der Waals surface area contributed by atoms with E-state index in [1.165, 1.54) is 36.4 Å². The van der Waals surface area contributed by atoms with Crippen molar-refractivity contribution in [1.82, 2.24) is 16.0 Å². The monoisotopic (exact) mass is 682 g/mol. The van der Waals surface area contributed by atoms with E-state index >= 15 is 0 Å². The topological polar surface area (TPSA) is 154 Å². The van der Waals surface area contributed by atoms with E-state index in [2.05, 4.69) is 20.9 Å². The fourth-order valence-corrected chi connectivity index (χ4v) is 4.05. The van der Waals surface area contributed by atoms with E-state index in [4.69, 9.17) is 18.9 Å². The van der Waals surface area contributed by atoms with Crippen molar-refractivity contribution in [2.45, 2.75) is 77.7 Å². The molecule has 0 heterocycles. The summed E-state index contributed by atoms with van der Waals surface area (Å²) in [5, 5.41) is 6.74. The van der Waals surface area contributed by atoms with E-state index in [1.807, 2.05) is 0 Å². The predicted molar refractivity (Wildman–Crippen MR) is 177 cm³/mol. The number of guanidine groups is 1. The highest BCUT2D eigenvalue weighted by Gasteiger charge is 2.51. The molecule has 0 aliphatic carbocycles. The second kappa shape index (κ2) is 16.5. The van der Waals surface area contributed by atoms with Crippen LogP contribution < -0.4 is 20.7 Å². The maximum Gasteiger partial charge on any atom is 0.414 e. The summed E-state index contributed by atoms with van der Waals surface area (Å²) < 4.78 is 50.7. The minimum absolute atomic E-state index is 0.147. The molecule has 0 spiro atoms. The number of rotatable bonds is 9. The molecule has 0 aliphatic heterocycles. The summed E-state index contributed by atoms with van der Waals surface area (Å²) in [7, 11) is 0. The van der Waals surface area contributed by atoms with Crippen LogP contribution in [-0.2, 0) is 32.0 Å². The molecular weight excluding hydrogens is 642 g/mol. The summed E-state index contributed by atoms with van der Waals surface area (Å²) in [5.74, 6) is -1.95. The maximum absolute atomic E-state index is 14.9. The molecule has 0 bridgehead atoms. The number of nitrogens with one attached hydrogen (secondary N) is 3. The number of hydrogen-bond acceptors (Lipinski definition) is 9. The average molecular weight is 683 g/mol. The standard InChI is InChI=1S/C35H40F2N4O8/c1-33(2,3)48-30(43)39-29(40-31(44)49-34(4,5)6)38-25-17-19-26(20-18-25)47-28(42)35(27(36)37,21-23-13-9-7-10-14-23)41-32(45)46-22-24-15-11-8-12-16-24/h7-20,27H,21-22H2,1-6H3,(H,41,45)(H2,38,39,40,43,44). The van der Waals surface area contributed by atoms with Crippen molar-refractivity contribution in [2.75, 3.05) is 0 Å². The lowest BCUT2D eigenvalue weighted by Gasteiger charge is -2.31. The maximum atomic E-state index is 14.9. The van der Waals surface area contributed by atoms with E-state index in [0.29, 0.717) is 11.1 Å². The van der Waals surface area contributed by atoms with Crippen LogP contribution in [0.5, 0.6) is 5.75 Å². The summed E-state index contributed by atoms with van der Waals surface area (Å²) in [4.78, 5) is 55.3. The Bertz CT molecular complexity index is 1570. The predicted octanol–water partition coefficient (Wildman–Crippen LogP) is 6.80. The third kappa shape index (κ3) is 12.9. The second-order valence-electron chi connectivity index (χ2n) is 12.7. The van der Waals surface area contributed by atoms with Crippen LogP contribution in [0.2, 0.25) is 0 Å². The smallest absolute Gasteiger partial charge is 0.414 e. The van der Waals surface area contributed by atoms with Gasteiger partial charge in [-0.05, 0) is 76.9 Å².